The van der Waals surface area contributed by atoms with E-state index in [1.165, 1.54) is 44.9 Å². The molecule has 24 heavy (non-hydrogen) atoms. The Kier molecular flexibility index (Phi) is 4.36. The SMILES string of the molecule is CC=C1CC[C@H]2[C@@H]3CC[C@@H]4CC(OC)(OC)CC[C@@H]4[C@H]3CC[C@]12C. The summed E-state index contributed by atoms with van der Waals surface area (Å²) in [5, 5.41) is 0. The van der Waals surface area contributed by atoms with Gasteiger partial charge in [-0.25, -0.2) is 0 Å². The Morgan fingerprint density at radius 3 is 2.38 bits per heavy atom. The molecule has 0 saturated heterocycles. The summed E-state index contributed by atoms with van der Waals surface area (Å²) in [5.41, 5.74) is 2.30. The van der Waals surface area contributed by atoms with Crippen molar-refractivity contribution in [2.45, 2.75) is 77.4 Å². The molecule has 4 saturated carbocycles. The maximum Gasteiger partial charge on any atom is 0.167 e. The van der Waals surface area contributed by atoms with Crippen molar-refractivity contribution in [1.82, 2.24) is 0 Å². The Bertz CT molecular complexity index is 506. The largest absolute Gasteiger partial charge is 0.353 e. The number of rotatable bonds is 2. The number of hydrogen-bond donors (Lipinski definition) is 0. The second-order valence-corrected chi connectivity index (χ2v) is 9.31. The van der Waals surface area contributed by atoms with Gasteiger partial charge in [0.2, 0.25) is 0 Å². The molecule has 0 aliphatic heterocycles. The minimum absolute atomic E-state index is 0.289. The van der Waals surface area contributed by atoms with E-state index in [-0.39, 0.29) is 5.79 Å². The molecule has 4 fully saturated rings. The van der Waals surface area contributed by atoms with Gasteiger partial charge < -0.3 is 9.47 Å². The average Bonchev–Trinajstić information content (AvgIpc) is 2.97. The minimum Gasteiger partial charge on any atom is -0.353 e. The Morgan fingerprint density at radius 1 is 0.917 bits per heavy atom. The van der Waals surface area contributed by atoms with Gasteiger partial charge in [0, 0.05) is 27.1 Å². The van der Waals surface area contributed by atoms with E-state index in [0.29, 0.717) is 5.41 Å². The van der Waals surface area contributed by atoms with E-state index in [2.05, 4.69) is 19.9 Å². The number of hydrogen-bond acceptors (Lipinski definition) is 2. The van der Waals surface area contributed by atoms with Crippen LogP contribution in [0.5, 0.6) is 0 Å². The van der Waals surface area contributed by atoms with Gasteiger partial charge in [0.15, 0.2) is 5.79 Å². The zero-order valence-electron chi connectivity index (χ0n) is 16.1. The molecule has 4 rings (SSSR count). The highest BCUT2D eigenvalue weighted by atomic mass is 16.7. The monoisotopic (exact) mass is 332 g/mol. The van der Waals surface area contributed by atoms with Gasteiger partial charge in [0.1, 0.15) is 0 Å². The van der Waals surface area contributed by atoms with E-state index >= 15 is 0 Å². The summed E-state index contributed by atoms with van der Waals surface area (Å²) in [6.07, 6.45) is 14.5. The van der Waals surface area contributed by atoms with Gasteiger partial charge in [-0.15, -0.1) is 0 Å². The third-order valence-electron chi connectivity index (χ3n) is 8.89. The van der Waals surface area contributed by atoms with Crippen LogP contribution < -0.4 is 0 Å². The normalized spacial score (nSPS) is 48.7. The van der Waals surface area contributed by atoms with Gasteiger partial charge in [0.05, 0.1) is 0 Å². The summed E-state index contributed by atoms with van der Waals surface area (Å²) < 4.78 is 11.6. The number of methoxy groups -OCH3 is 2. The third kappa shape index (κ3) is 2.35. The van der Waals surface area contributed by atoms with Crippen LogP contribution >= 0.6 is 0 Å². The maximum absolute atomic E-state index is 5.80. The molecule has 0 aromatic rings. The first-order valence-electron chi connectivity index (χ1n) is 10.3. The van der Waals surface area contributed by atoms with Gasteiger partial charge in [-0.2, -0.15) is 0 Å². The molecule has 4 aliphatic rings. The lowest BCUT2D eigenvalue weighted by Gasteiger charge is -2.56. The van der Waals surface area contributed by atoms with E-state index in [1.807, 2.05) is 14.2 Å². The Morgan fingerprint density at radius 2 is 1.67 bits per heavy atom. The van der Waals surface area contributed by atoms with Crippen molar-refractivity contribution in [2.75, 3.05) is 14.2 Å². The number of allylic oxidation sites excluding steroid dienone is 2. The lowest BCUT2D eigenvalue weighted by molar-refractivity contribution is -0.246. The Hall–Kier alpha value is -0.340. The predicted molar refractivity (Wildman–Crippen MR) is 97.6 cm³/mol. The van der Waals surface area contributed by atoms with Gasteiger partial charge in [-0.3, -0.25) is 0 Å². The van der Waals surface area contributed by atoms with Gasteiger partial charge in [-0.05, 0) is 86.9 Å². The first-order valence-corrected chi connectivity index (χ1v) is 10.3. The lowest BCUT2D eigenvalue weighted by atomic mass is 9.50. The summed E-state index contributed by atoms with van der Waals surface area (Å²) in [5.74, 6) is 4.39. The first-order chi connectivity index (χ1) is 11.6. The molecule has 0 radical (unpaired) electrons. The van der Waals surface area contributed by atoms with Crippen LogP contribution in [0.15, 0.2) is 11.6 Å². The number of ether oxygens (including phenoxy) is 2. The van der Waals surface area contributed by atoms with Crippen molar-refractivity contribution in [1.29, 1.82) is 0 Å². The molecule has 0 amide bonds. The average molecular weight is 333 g/mol. The van der Waals surface area contributed by atoms with Crippen LogP contribution in [0, 0.1) is 35.0 Å². The molecule has 0 bridgehead atoms. The van der Waals surface area contributed by atoms with Crippen LogP contribution in [-0.2, 0) is 9.47 Å². The Balaban J connectivity index is 1.54. The van der Waals surface area contributed by atoms with Gasteiger partial charge >= 0.3 is 0 Å². The molecule has 0 aromatic carbocycles. The molecule has 136 valence electrons. The van der Waals surface area contributed by atoms with E-state index in [9.17, 15) is 0 Å². The molecule has 0 aromatic heterocycles. The molecular formula is C22H36O2. The van der Waals surface area contributed by atoms with Gasteiger partial charge in [0.25, 0.3) is 0 Å². The van der Waals surface area contributed by atoms with Crippen molar-refractivity contribution in [2.24, 2.45) is 35.0 Å². The number of fused-ring (bicyclic) bond motifs is 5. The van der Waals surface area contributed by atoms with E-state index in [4.69, 9.17) is 9.47 Å². The first kappa shape index (κ1) is 17.1. The van der Waals surface area contributed by atoms with Gasteiger partial charge in [-0.1, -0.05) is 18.6 Å². The summed E-state index contributed by atoms with van der Waals surface area (Å²) in [7, 11) is 3.66. The Labute approximate surface area is 148 Å². The maximum atomic E-state index is 5.80. The zero-order chi connectivity index (χ0) is 16.9. The van der Waals surface area contributed by atoms with Crippen molar-refractivity contribution >= 4 is 0 Å². The topological polar surface area (TPSA) is 18.5 Å². The fraction of sp³-hybridized carbons (Fsp3) is 0.909. The van der Waals surface area contributed by atoms with Crippen LogP contribution in [0.4, 0.5) is 0 Å². The summed E-state index contributed by atoms with van der Waals surface area (Å²) in [4.78, 5) is 0. The molecule has 0 unspecified atom stereocenters. The van der Waals surface area contributed by atoms with Crippen LogP contribution in [0.3, 0.4) is 0 Å². The molecule has 4 aliphatic carbocycles. The van der Waals surface area contributed by atoms with E-state index < -0.39 is 0 Å². The fourth-order valence-electron chi connectivity index (χ4n) is 7.60. The minimum atomic E-state index is -0.289. The molecule has 0 heterocycles. The highest BCUT2D eigenvalue weighted by Gasteiger charge is 2.56. The van der Waals surface area contributed by atoms with Crippen molar-refractivity contribution in [3.63, 3.8) is 0 Å². The third-order valence-corrected chi connectivity index (χ3v) is 8.89. The van der Waals surface area contributed by atoms with Crippen LogP contribution in [0.2, 0.25) is 0 Å². The quantitative estimate of drug-likeness (QED) is 0.486. The second-order valence-electron chi connectivity index (χ2n) is 9.31. The van der Waals surface area contributed by atoms with Crippen molar-refractivity contribution in [3.8, 4) is 0 Å². The van der Waals surface area contributed by atoms with E-state index in [1.54, 1.807) is 5.57 Å². The summed E-state index contributed by atoms with van der Waals surface area (Å²) in [6.45, 7) is 4.85. The van der Waals surface area contributed by atoms with Crippen molar-refractivity contribution in [3.05, 3.63) is 11.6 Å². The molecule has 2 nitrogen and oxygen atoms in total. The molecule has 6 atom stereocenters. The highest BCUT2D eigenvalue weighted by Crippen LogP contribution is 2.64. The predicted octanol–water partition coefficient (Wildman–Crippen LogP) is 5.57. The summed E-state index contributed by atoms with van der Waals surface area (Å²) >= 11 is 0. The molecule has 0 spiro atoms. The molecule has 2 heteroatoms. The van der Waals surface area contributed by atoms with Crippen LogP contribution in [0.25, 0.3) is 0 Å². The fourth-order valence-corrected chi connectivity index (χ4v) is 7.60. The van der Waals surface area contributed by atoms with Crippen molar-refractivity contribution < 1.29 is 9.47 Å². The second kappa shape index (κ2) is 6.13. The van der Waals surface area contributed by atoms with Crippen LogP contribution in [0.1, 0.15) is 71.6 Å². The van der Waals surface area contributed by atoms with E-state index in [0.717, 1.165) is 42.4 Å². The smallest absolute Gasteiger partial charge is 0.167 e. The standard InChI is InChI=1S/C22H36O2/c1-5-16-7-9-20-19-8-6-15-14-22(23-3,24-4)13-11-17(15)18(19)10-12-21(16,20)2/h5,15,17-20H,6-14H2,1-4H3/t15-,17+,18-,19-,20+,21-/m1/s1. The molecular weight excluding hydrogens is 296 g/mol. The summed E-state index contributed by atoms with van der Waals surface area (Å²) in [6, 6.07) is 0. The lowest BCUT2D eigenvalue weighted by Crippen LogP contribution is -2.51. The molecule has 0 N–H and O–H groups in total. The van der Waals surface area contributed by atoms with Crippen LogP contribution in [-0.4, -0.2) is 20.0 Å². The highest BCUT2D eigenvalue weighted by molar-refractivity contribution is 5.23. The zero-order valence-corrected chi connectivity index (χ0v) is 16.1.